The van der Waals surface area contributed by atoms with Crippen molar-refractivity contribution in [2.45, 2.75) is 0 Å². The van der Waals surface area contributed by atoms with Gasteiger partial charge in [-0.05, 0) is 74.6 Å². The van der Waals surface area contributed by atoms with Crippen molar-refractivity contribution < 1.29 is 4.42 Å². The van der Waals surface area contributed by atoms with E-state index < -0.39 is 0 Å². The van der Waals surface area contributed by atoms with Gasteiger partial charge in [-0.2, -0.15) is 0 Å². The third kappa shape index (κ3) is 5.09. The molecule has 0 saturated carbocycles. The molecule has 4 nitrogen and oxygen atoms in total. The molecule has 7 aromatic carbocycles. The highest BCUT2D eigenvalue weighted by atomic mass is 16.3. The number of aliphatic imine (C=N–C) groups is 2. The lowest BCUT2D eigenvalue weighted by molar-refractivity contribution is 0.669. The van der Waals surface area contributed by atoms with Gasteiger partial charge in [0, 0.05) is 28.1 Å². The number of benzene rings is 7. The van der Waals surface area contributed by atoms with Crippen LogP contribution in [0.1, 0.15) is 16.7 Å². The average Bonchev–Trinajstić information content (AvgIpc) is 3.47. The Kier molecular flexibility index (Phi) is 6.58. The van der Waals surface area contributed by atoms with Gasteiger partial charge in [0.15, 0.2) is 11.7 Å². The first-order chi connectivity index (χ1) is 22.2. The predicted octanol–water partition coefficient (Wildman–Crippen LogP) is 10.5. The lowest BCUT2D eigenvalue weighted by Gasteiger charge is -2.07. The Labute approximate surface area is 260 Å². The molecule has 0 fully saturated rings. The van der Waals surface area contributed by atoms with Crippen LogP contribution >= 0.6 is 0 Å². The lowest BCUT2D eigenvalue weighted by atomic mass is 9.97. The van der Waals surface area contributed by atoms with Gasteiger partial charge in [-0.25, -0.2) is 9.98 Å². The topological polar surface area (TPSA) is 61.7 Å². The van der Waals surface area contributed by atoms with Crippen molar-refractivity contribution in [1.29, 1.82) is 5.41 Å². The van der Waals surface area contributed by atoms with Gasteiger partial charge in [0.05, 0.1) is 0 Å². The van der Waals surface area contributed by atoms with Crippen LogP contribution in [-0.4, -0.2) is 17.9 Å². The molecule has 45 heavy (non-hydrogen) atoms. The number of hydrogen-bond donors (Lipinski definition) is 1. The van der Waals surface area contributed by atoms with Gasteiger partial charge in [0.25, 0.3) is 0 Å². The van der Waals surface area contributed by atoms with E-state index in [0.29, 0.717) is 11.4 Å². The Bertz CT molecular complexity index is 2450. The van der Waals surface area contributed by atoms with Gasteiger partial charge in [-0.15, -0.1) is 0 Å². The normalized spacial score (nSPS) is 12.1. The molecule has 0 unspecified atom stereocenters. The molecule has 1 N–H and O–H groups in total. The largest absolute Gasteiger partial charge is 0.456 e. The third-order valence-electron chi connectivity index (χ3n) is 8.20. The molecule has 1 heterocycles. The number of furan rings is 1. The van der Waals surface area contributed by atoms with Crippen LogP contribution in [0.15, 0.2) is 166 Å². The Hall–Kier alpha value is -6.13. The molecule has 1 aromatic heterocycles. The van der Waals surface area contributed by atoms with Crippen molar-refractivity contribution in [3.8, 4) is 11.1 Å². The maximum absolute atomic E-state index is 8.97. The molecule has 0 radical (unpaired) electrons. The van der Waals surface area contributed by atoms with E-state index in [9.17, 15) is 0 Å². The number of hydrogen-bond acceptors (Lipinski definition) is 2. The minimum Gasteiger partial charge on any atom is -0.456 e. The number of rotatable bonds is 4. The molecule has 8 aromatic rings. The molecule has 0 saturated heterocycles. The fourth-order valence-corrected chi connectivity index (χ4v) is 5.92. The molecule has 0 bridgehead atoms. The summed E-state index contributed by atoms with van der Waals surface area (Å²) >= 11 is 0. The fourth-order valence-electron chi connectivity index (χ4n) is 5.92. The zero-order valence-electron chi connectivity index (χ0n) is 24.3. The summed E-state index contributed by atoms with van der Waals surface area (Å²) in [5.41, 5.74) is 6.37. The Morgan fingerprint density at radius 3 is 2.20 bits per heavy atom. The number of nitrogens with zero attached hydrogens (tertiary/aromatic N) is 2. The highest BCUT2D eigenvalue weighted by molar-refractivity contribution is 6.15. The van der Waals surface area contributed by atoms with Crippen molar-refractivity contribution in [1.82, 2.24) is 0 Å². The van der Waals surface area contributed by atoms with Crippen LogP contribution in [0.4, 0.5) is 0 Å². The minimum atomic E-state index is 0.133. The quantitative estimate of drug-likeness (QED) is 0.164. The summed E-state index contributed by atoms with van der Waals surface area (Å²) in [5.74, 6) is 0.610. The van der Waals surface area contributed by atoms with E-state index in [4.69, 9.17) is 19.8 Å². The second-order valence-electron chi connectivity index (χ2n) is 11.1. The third-order valence-corrected chi connectivity index (χ3v) is 8.20. The van der Waals surface area contributed by atoms with Crippen molar-refractivity contribution in [3.63, 3.8) is 0 Å². The van der Waals surface area contributed by atoms with Gasteiger partial charge >= 0.3 is 0 Å². The van der Waals surface area contributed by atoms with E-state index in [-0.39, 0.29) is 5.84 Å². The molecule has 0 amide bonds. The summed E-state index contributed by atoms with van der Waals surface area (Å²) in [7, 11) is 0. The Morgan fingerprint density at radius 2 is 1.31 bits per heavy atom. The monoisotopic (exact) mass is 577 g/mol. The number of fused-ring (bicyclic) bond motifs is 5. The minimum absolute atomic E-state index is 0.133. The maximum atomic E-state index is 8.97. The van der Waals surface area contributed by atoms with Crippen molar-refractivity contribution in [2.75, 3.05) is 0 Å². The van der Waals surface area contributed by atoms with Crippen LogP contribution < -0.4 is 0 Å². The second kappa shape index (κ2) is 11.2. The van der Waals surface area contributed by atoms with Crippen molar-refractivity contribution >= 4 is 61.4 Å². The molecule has 0 aliphatic carbocycles. The smallest absolute Gasteiger partial charge is 0.161 e. The summed E-state index contributed by atoms with van der Waals surface area (Å²) in [6.45, 7) is 0. The van der Waals surface area contributed by atoms with E-state index in [2.05, 4.69) is 84.9 Å². The molecule has 0 aliphatic heterocycles. The van der Waals surface area contributed by atoms with Crippen LogP contribution in [0.3, 0.4) is 0 Å². The maximum Gasteiger partial charge on any atom is 0.161 e. The number of nitrogens with one attached hydrogen (secondary N) is 1. The fraction of sp³-hybridized carbons (Fsp3) is 0. The molecule has 8 rings (SSSR count). The first-order valence-electron chi connectivity index (χ1n) is 14.9. The van der Waals surface area contributed by atoms with Crippen LogP contribution in [0.5, 0.6) is 0 Å². The van der Waals surface area contributed by atoms with Gasteiger partial charge < -0.3 is 4.42 Å². The molecule has 4 heteroatoms. The Morgan fingerprint density at radius 1 is 0.533 bits per heavy atom. The van der Waals surface area contributed by atoms with E-state index in [1.54, 1.807) is 0 Å². The van der Waals surface area contributed by atoms with E-state index >= 15 is 0 Å². The summed E-state index contributed by atoms with van der Waals surface area (Å²) in [6, 6.07) is 51.3. The molecule has 0 spiro atoms. The van der Waals surface area contributed by atoms with Crippen LogP contribution in [0.25, 0.3) is 54.6 Å². The second-order valence-corrected chi connectivity index (χ2v) is 11.1. The molecule has 212 valence electrons. The summed E-state index contributed by atoms with van der Waals surface area (Å²) in [6.07, 6.45) is 1.81. The SMILES string of the molecule is N=C(N=C(N=Cc1ccc2ccccc2c1)c1ccccc1)c1ccc2oc3cc(-c4cccc5ccccc45)ccc3c2c1. The zero-order chi connectivity index (χ0) is 30.2. The van der Waals surface area contributed by atoms with Crippen LogP contribution in [0.2, 0.25) is 0 Å². The summed E-state index contributed by atoms with van der Waals surface area (Å²) < 4.78 is 6.30. The molecule has 0 atom stereocenters. The van der Waals surface area contributed by atoms with E-state index in [1.165, 1.54) is 21.7 Å². The van der Waals surface area contributed by atoms with Gasteiger partial charge in [-0.3, -0.25) is 5.41 Å². The van der Waals surface area contributed by atoms with Gasteiger partial charge in [0.1, 0.15) is 11.2 Å². The van der Waals surface area contributed by atoms with Crippen LogP contribution in [-0.2, 0) is 0 Å². The zero-order valence-corrected chi connectivity index (χ0v) is 24.3. The van der Waals surface area contributed by atoms with Gasteiger partial charge in [0.2, 0.25) is 0 Å². The first-order valence-corrected chi connectivity index (χ1v) is 14.9. The van der Waals surface area contributed by atoms with Crippen molar-refractivity contribution in [3.05, 3.63) is 168 Å². The average molecular weight is 578 g/mol. The standard InChI is InChI=1S/C41H27N3O/c42-40(44-41(30-11-2-1-3-12-30)43-26-27-17-18-28-9-4-5-13-31(28)23-27)33-20-22-38-37(24-33)36-21-19-32(25-39(36)45-38)35-16-8-14-29-10-6-7-15-34(29)35/h1-26,42H. The molecular weight excluding hydrogens is 550 g/mol. The molecular formula is C41H27N3O. The highest BCUT2D eigenvalue weighted by Gasteiger charge is 2.13. The first kappa shape index (κ1) is 26.5. The van der Waals surface area contributed by atoms with Crippen molar-refractivity contribution in [2.24, 2.45) is 9.98 Å². The van der Waals surface area contributed by atoms with E-state index in [0.717, 1.165) is 44.0 Å². The molecule has 0 aliphatic rings. The summed E-state index contributed by atoms with van der Waals surface area (Å²) in [4.78, 5) is 9.48. The van der Waals surface area contributed by atoms with Crippen LogP contribution in [0, 0.1) is 5.41 Å². The number of amidine groups is 2. The van der Waals surface area contributed by atoms with Gasteiger partial charge in [-0.1, -0.05) is 115 Å². The predicted molar refractivity (Wildman–Crippen MR) is 188 cm³/mol. The van der Waals surface area contributed by atoms with E-state index in [1.807, 2.05) is 72.9 Å². The lowest BCUT2D eigenvalue weighted by Crippen LogP contribution is -2.04. The summed E-state index contributed by atoms with van der Waals surface area (Å²) in [5, 5.41) is 15.7. The Balaban J connectivity index is 1.15. The highest BCUT2D eigenvalue weighted by Crippen LogP contribution is 2.35.